The summed E-state index contributed by atoms with van der Waals surface area (Å²) in [5.41, 5.74) is 12.8. The summed E-state index contributed by atoms with van der Waals surface area (Å²) >= 11 is 0. The Hall–Kier alpha value is -5.66. The van der Waals surface area contributed by atoms with Gasteiger partial charge in [-0.1, -0.05) is 129 Å². The van der Waals surface area contributed by atoms with Gasteiger partial charge in [-0.05, 0) is 107 Å². The highest BCUT2D eigenvalue weighted by atomic mass is 16.5. The van der Waals surface area contributed by atoms with Gasteiger partial charge in [0.05, 0.1) is 0 Å². The van der Waals surface area contributed by atoms with E-state index >= 15 is 0 Å². The van der Waals surface area contributed by atoms with Crippen molar-refractivity contribution in [3.05, 3.63) is 157 Å². The molecule has 2 aliphatic rings. The second-order valence-corrected chi connectivity index (χ2v) is 13.3. The smallest absolute Gasteiger partial charge is 0.135 e. The van der Waals surface area contributed by atoms with Crippen LogP contribution in [0.5, 0.6) is 11.5 Å². The fourth-order valence-corrected chi connectivity index (χ4v) is 8.22. The van der Waals surface area contributed by atoms with Crippen molar-refractivity contribution >= 4 is 32.3 Å². The van der Waals surface area contributed by atoms with E-state index in [9.17, 15) is 0 Å². The topological polar surface area (TPSA) is 9.23 Å². The van der Waals surface area contributed by atoms with E-state index in [1.54, 1.807) is 0 Å². The van der Waals surface area contributed by atoms with E-state index in [4.69, 9.17) is 4.74 Å². The molecule has 0 unspecified atom stereocenters. The van der Waals surface area contributed by atoms with Gasteiger partial charge >= 0.3 is 0 Å². The second-order valence-electron chi connectivity index (χ2n) is 13.3. The van der Waals surface area contributed by atoms with Crippen molar-refractivity contribution in [2.24, 2.45) is 0 Å². The Bertz CT molecular complexity index is 2570. The first-order chi connectivity index (χ1) is 22.6. The molecule has 0 fully saturated rings. The molecule has 8 aromatic carbocycles. The largest absolute Gasteiger partial charge is 0.456 e. The van der Waals surface area contributed by atoms with E-state index in [0.717, 1.165) is 17.1 Å². The van der Waals surface area contributed by atoms with Crippen LogP contribution >= 0.6 is 0 Å². The molecule has 46 heavy (non-hydrogen) atoms. The van der Waals surface area contributed by atoms with Crippen molar-refractivity contribution in [3.8, 4) is 56.0 Å². The minimum Gasteiger partial charge on any atom is -0.456 e. The maximum absolute atomic E-state index is 6.41. The number of rotatable bonds is 2. The summed E-state index contributed by atoms with van der Waals surface area (Å²) in [6.45, 7) is 4.75. The Morgan fingerprint density at radius 1 is 0.413 bits per heavy atom. The van der Waals surface area contributed by atoms with Crippen LogP contribution in [0.25, 0.3) is 76.8 Å². The third kappa shape index (κ3) is 3.46. The van der Waals surface area contributed by atoms with E-state index in [1.165, 1.54) is 82.4 Å². The molecule has 0 saturated carbocycles. The molecule has 1 aliphatic heterocycles. The van der Waals surface area contributed by atoms with Crippen molar-refractivity contribution in [2.75, 3.05) is 0 Å². The molecular formula is C45H30O. The number of benzene rings is 8. The molecule has 1 heterocycles. The van der Waals surface area contributed by atoms with Gasteiger partial charge in [0.25, 0.3) is 0 Å². The molecule has 216 valence electrons. The molecule has 0 spiro atoms. The average Bonchev–Trinajstić information content (AvgIpc) is 3.32. The van der Waals surface area contributed by atoms with Crippen molar-refractivity contribution in [2.45, 2.75) is 19.3 Å². The van der Waals surface area contributed by atoms with Gasteiger partial charge in [-0.2, -0.15) is 0 Å². The first kappa shape index (κ1) is 25.6. The molecule has 1 heteroatoms. The Balaban J connectivity index is 1.23. The van der Waals surface area contributed by atoms with E-state index < -0.39 is 0 Å². The summed E-state index contributed by atoms with van der Waals surface area (Å²) in [7, 11) is 0. The van der Waals surface area contributed by atoms with Gasteiger partial charge in [0.1, 0.15) is 11.5 Å². The van der Waals surface area contributed by atoms with E-state index in [1.807, 2.05) is 0 Å². The zero-order chi connectivity index (χ0) is 30.6. The Kier molecular flexibility index (Phi) is 5.12. The van der Waals surface area contributed by atoms with Gasteiger partial charge in [-0.3, -0.25) is 0 Å². The molecule has 0 saturated heterocycles. The predicted molar refractivity (Wildman–Crippen MR) is 193 cm³/mol. The molecule has 0 atom stereocenters. The van der Waals surface area contributed by atoms with E-state index in [-0.39, 0.29) is 5.41 Å². The van der Waals surface area contributed by atoms with E-state index in [0.29, 0.717) is 0 Å². The average molecular weight is 587 g/mol. The summed E-state index contributed by atoms with van der Waals surface area (Å²) in [5, 5.41) is 7.49. The van der Waals surface area contributed by atoms with Crippen LogP contribution in [-0.2, 0) is 5.41 Å². The highest BCUT2D eigenvalue weighted by Gasteiger charge is 2.38. The van der Waals surface area contributed by atoms with Crippen LogP contribution in [0.1, 0.15) is 25.0 Å². The van der Waals surface area contributed by atoms with Gasteiger partial charge < -0.3 is 4.74 Å². The molecule has 0 radical (unpaired) electrons. The molecule has 0 aromatic heterocycles. The zero-order valence-corrected chi connectivity index (χ0v) is 25.8. The standard InChI is InChI=1S/C45H30O/c1-45(2)38-18-6-5-15-36(38)44-39(45)26-31-24-29(20-22-33(31)43(44)34-16-7-11-27-10-3-4-14-32(27)34)30-21-23-40-37(25-30)35-17-8-12-28-13-9-19-41(46-40)42(28)35/h3-26H,1-2H3. The molecule has 8 aromatic rings. The minimum absolute atomic E-state index is 0.106. The quantitative estimate of drug-likeness (QED) is 0.196. The Labute approximate surface area is 268 Å². The highest BCUT2D eigenvalue weighted by molar-refractivity contribution is 6.14. The molecule has 0 N–H and O–H groups in total. The lowest BCUT2D eigenvalue weighted by Gasteiger charge is -2.23. The van der Waals surface area contributed by atoms with Crippen molar-refractivity contribution in [1.29, 1.82) is 0 Å². The summed E-state index contributed by atoms with van der Waals surface area (Å²) in [6.07, 6.45) is 0. The van der Waals surface area contributed by atoms with Gasteiger partial charge in [0.15, 0.2) is 0 Å². The summed E-state index contributed by atoms with van der Waals surface area (Å²) in [5.74, 6) is 1.84. The number of hydrogen-bond donors (Lipinski definition) is 0. The zero-order valence-electron chi connectivity index (χ0n) is 25.8. The molecule has 1 aliphatic carbocycles. The first-order valence-corrected chi connectivity index (χ1v) is 16.1. The monoisotopic (exact) mass is 586 g/mol. The molecule has 1 nitrogen and oxygen atoms in total. The molecule has 0 bridgehead atoms. The number of ether oxygens (including phenoxy) is 1. The highest BCUT2D eigenvalue weighted by Crippen LogP contribution is 2.55. The van der Waals surface area contributed by atoms with Crippen LogP contribution in [-0.4, -0.2) is 0 Å². The maximum atomic E-state index is 6.41. The van der Waals surface area contributed by atoms with Gasteiger partial charge in [-0.25, -0.2) is 0 Å². The summed E-state index contributed by atoms with van der Waals surface area (Å²) < 4.78 is 6.41. The third-order valence-corrected chi connectivity index (χ3v) is 10.4. The normalized spacial score (nSPS) is 13.8. The van der Waals surface area contributed by atoms with Crippen molar-refractivity contribution < 1.29 is 4.74 Å². The second kappa shape index (κ2) is 9.19. The van der Waals surface area contributed by atoms with Crippen molar-refractivity contribution in [3.63, 3.8) is 0 Å². The third-order valence-electron chi connectivity index (χ3n) is 10.4. The van der Waals surface area contributed by atoms with Gasteiger partial charge in [0.2, 0.25) is 0 Å². The lowest BCUT2D eigenvalue weighted by Crippen LogP contribution is -2.15. The maximum Gasteiger partial charge on any atom is 0.135 e. The van der Waals surface area contributed by atoms with Crippen LogP contribution in [0.15, 0.2) is 146 Å². The van der Waals surface area contributed by atoms with Crippen molar-refractivity contribution in [1.82, 2.24) is 0 Å². The van der Waals surface area contributed by atoms with E-state index in [2.05, 4.69) is 159 Å². The lowest BCUT2D eigenvalue weighted by atomic mass is 9.80. The van der Waals surface area contributed by atoms with Gasteiger partial charge in [0, 0.05) is 16.4 Å². The lowest BCUT2D eigenvalue weighted by molar-refractivity contribution is 0.487. The Morgan fingerprint density at radius 3 is 2.02 bits per heavy atom. The number of fused-ring (bicyclic) bond motifs is 7. The summed E-state index contributed by atoms with van der Waals surface area (Å²) in [6, 6.07) is 53.5. The van der Waals surface area contributed by atoms with Crippen LogP contribution in [0.3, 0.4) is 0 Å². The summed E-state index contributed by atoms with van der Waals surface area (Å²) in [4.78, 5) is 0. The molecular weight excluding hydrogens is 556 g/mol. The van der Waals surface area contributed by atoms with Crippen LogP contribution in [0.2, 0.25) is 0 Å². The SMILES string of the molecule is CC1(C)c2ccccc2-c2c1cc1cc(-c3ccc4c(c3)-c3cccc5cccc(c35)O4)ccc1c2-c1cccc2ccccc12. The number of hydrogen-bond acceptors (Lipinski definition) is 1. The fourth-order valence-electron chi connectivity index (χ4n) is 8.22. The minimum atomic E-state index is -0.106. The molecule has 10 rings (SSSR count). The van der Waals surface area contributed by atoms with Crippen LogP contribution in [0.4, 0.5) is 0 Å². The first-order valence-electron chi connectivity index (χ1n) is 16.1. The predicted octanol–water partition coefficient (Wildman–Crippen LogP) is 12.6. The fraction of sp³-hybridized carbons (Fsp3) is 0.0667. The van der Waals surface area contributed by atoms with Crippen LogP contribution < -0.4 is 4.74 Å². The molecule has 0 amide bonds. The van der Waals surface area contributed by atoms with Gasteiger partial charge in [-0.15, -0.1) is 0 Å². The Morgan fingerprint density at radius 2 is 1.11 bits per heavy atom. The van der Waals surface area contributed by atoms with Crippen LogP contribution in [0, 0.1) is 0 Å².